The van der Waals surface area contributed by atoms with Crippen LogP contribution in [0.5, 0.6) is 0 Å². The molecule has 4 nitrogen and oxygen atoms in total. The Hall–Kier alpha value is -0.830. The summed E-state index contributed by atoms with van der Waals surface area (Å²) < 4.78 is 5.31. The van der Waals surface area contributed by atoms with Gasteiger partial charge in [0, 0.05) is 13.5 Å². The summed E-state index contributed by atoms with van der Waals surface area (Å²) in [6.45, 7) is 2.03. The minimum absolute atomic E-state index is 0.106. The van der Waals surface area contributed by atoms with Gasteiger partial charge >= 0.3 is 0 Å². The monoisotopic (exact) mass is 243 g/mol. The molecule has 1 fully saturated rings. The van der Waals surface area contributed by atoms with Crippen LogP contribution in [-0.4, -0.2) is 23.7 Å². The molecule has 0 aromatic carbocycles. The van der Waals surface area contributed by atoms with Gasteiger partial charge in [-0.1, -0.05) is 22.9 Å². The molecule has 2 atom stereocenters. The summed E-state index contributed by atoms with van der Waals surface area (Å²) in [5.41, 5.74) is -0.106. The first-order valence-electron chi connectivity index (χ1n) is 4.47. The highest BCUT2D eigenvalue weighted by Crippen LogP contribution is 2.42. The van der Waals surface area contributed by atoms with Gasteiger partial charge in [-0.15, -0.1) is 0 Å². The van der Waals surface area contributed by atoms with E-state index in [4.69, 9.17) is 21.6 Å². The van der Waals surface area contributed by atoms with E-state index < -0.39 is 0 Å². The molecule has 1 saturated carbocycles. The van der Waals surface area contributed by atoms with Crippen molar-refractivity contribution >= 4 is 28.1 Å². The predicted octanol–water partition coefficient (Wildman–Crippen LogP) is 2.26. The number of halogens is 1. The second-order valence-corrected chi connectivity index (χ2v) is 5.03. The average Bonchev–Trinajstić information content (AvgIpc) is 2.70. The molecule has 0 spiro atoms. The van der Waals surface area contributed by atoms with Crippen LogP contribution < -0.4 is 5.32 Å². The number of nitrogens with zero attached hydrogens (tertiary/aromatic N) is 2. The lowest BCUT2D eigenvalue weighted by Crippen LogP contribution is -2.18. The van der Waals surface area contributed by atoms with Crippen molar-refractivity contribution < 1.29 is 4.74 Å². The lowest BCUT2D eigenvalue weighted by Gasteiger charge is -2.08. The molecule has 2 rings (SSSR count). The third kappa shape index (κ3) is 1.93. The lowest BCUT2D eigenvalue weighted by atomic mass is 10.4. The molecule has 1 aromatic heterocycles. The van der Waals surface area contributed by atoms with Gasteiger partial charge in [-0.2, -0.15) is 5.26 Å². The minimum atomic E-state index is -0.106. The largest absolute Gasteiger partial charge is 0.376 e. The number of ether oxygens (including phenoxy) is 1. The van der Waals surface area contributed by atoms with Gasteiger partial charge in [-0.05, 0) is 6.92 Å². The summed E-state index contributed by atoms with van der Waals surface area (Å²) in [5.74, 6) is 0. The number of methoxy groups -OCH3 is 1. The quantitative estimate of drug-likeness (QED) is 0.885. The first-order chi connectivity index (χ1) is 7.09. The Balaban J connectivity index is 2.05. The fourth-order valence-corrected chi connectivity index (χ4v) is 2.36. The molecule has 1 aliphatic carbocycles. The minimum Gasteiger partial charge on any atom is -0.376 e. The maximum atomic E-state index is 8.71. The van der Waals surface area contributed by atoms with Crippen LogP contribution in [0.4, 0.5) is 5.13 Å². The van der Waals surface area contributed by atoms with E-state index in [2.05, 4.69) is 10.3 Å². The van der Waals surface area contributed by atoms with Crippen LogP contribution >= 0.6 is 22.9 Å². The van der Waals surface area contributed by atoms with Gasteiger partial charge in [0.1, 0.15) is 10.9 Å². The normalized spacial score (nSPS) is 28.5. The third-order valence-electron chi connectivity index (χ3n) is 2.64. The molecule has 0 aliphatic heterocycles. The Kier molecular flexibility index (Phi) is 2.59. The van der Waals surface area contributed by atoms with Gasteiger partial charge in [0.25, 0.3) is 0 Å². The van der Waals surface area contributed by atoms with Gasteiger partial charge in [-0.25, -0.2) is 4.98 Å². The molecule has 0 saturated heterocycles. The Bertz CT molecular complexity index is 427. The number of aromatic nitrogens is 1. The molecule has 1 aliphatic rings. The van der Waals surface area contributed by atoms with E-state index in [-0.39, 0.29) is 16.8 Å². The van der Waals surface area contributed by atoms with Crippen LogP contribution in [0.15, 0.2) is 0 Å². The van der Waals surface area contributed by atoms with Crippen LogP contribution in [0.25, 0.3) is 0 Å². The maximum Gasteiger partial charge on any atom is 0.185 e. The van der Waals surface area contributed by atoms with Crippen molar-refractivity contribution in [2.45, 2.75) is 25.0 Å². The number of hydrogen-bond acceptors (Lipinski definition) is 5. The Morgan fingerprint density at radius 3 is 3.00 bits per heavy atom. The number of nitriles is 1. The van der Waals surface area contributed by atoms with Crippen molar-refractivity contribution in [3.05, 3.63) is 10.0 Å². The molecule has 80 valence electrons. The molecule has 1 aromatic rings. The van der Waals surface area contributed by atoms with Gasteiger partial charge < -0.3 is 10.1 Å². The number of anilines is 1. The molecule has 0 bridgehead atoms. The SMILES string of the molecule is CO[C@@]1(C)C[C@H]1Nc1nc(Cl)c(C#N)s1. The standard InChI is InChI=1S/C9H10ClN3OS/c1-9(14-2)3-6(9)12-8-13-7(10)5(4-11)15-8/h6H,3H2,1-2H3,(H,12,13)/t6-,9+/m1/s1. The highest BCUT2D eigenvalue weighted by atomic mass is 35.5. The topological polar surface area (TPSA) is 57.9 Å². The Morgan fingerprint density at radius 1 is 1.80 bits per heavy atom. The van der Waals surface area contributed by atoms with E-state index >= 15 is 0 Å². The van der Waals surface area contributed by atoms with E-state index in [1.165, 1.54) is 11.3 Å². The molecule has 0 unspecified atom stereocenters. The van der Waals surface area contributed by atoms with Crippen LogP contribution in [0.2, 0.25) is 5.15 Å². The fourth-order valence-electron chi connectivity index (χ4n) is 1.36. The second kappa shape index (κ2) is 3.63. The first kappa shape index (κ1) is 10.7. The molecule has 6 heteroatoms. The highest BCUT2D eigenvalue weighted by Gasteiger charge is 2.51. The van der Waals surface area contributed by atoms with Crippen molar-refractivity contribution in [3.8, 4) is 6.07 Å². The lowest BCUT2D eigenvalue weighted by molar-refractivity contribution is 0.0936. The van der Waals surface area contributed by atoms with E-state index in [1.54, 1.807) is 7.11 Å². The molecular formula is C9H10ClN3OS. The molecule has 0 radical (unpaired) electrons. The molecule has 15 heavy (non-hydrogen) atoms. The van der Waals surface area contributed by atoms with Gasteiger partial charge in [-0.3, -0.25) is 0 Å². The number of hydrogen-bond donors (Lipinski definition) is 1. The smallest absolute Gasteiger partial charge is 0.185 e. The fraction of sp³-hybridized carbons (Fsp3) is 0.556. The Labute approximate surface area is 96.8 Å². The summed E-state index contributed by atoms with van der Waals surface area (Å²) in [6.07, 6.45) is 0.947. The van der Waals surface area contributed by atoms with Crippen molar-refractivity contribution in [3.63, 3.8) is 0 Å². The van der Waals surface area contributed by atoms with Crippen molar-refractivity contribution in [2.24, 2.45) is 0 Å². The summed E-state index contributed by atoms with van der Waals surface area (Å²) in [6, 6.07) is 2.26. The van der Waals surface area contributed by atoms with Gasteiger partial charge in [0.2, 0.25) is 0 Å². The summed E-state index contributed by atoms with van der Waals surface area (Å²) >= 11 is 7.03. The Morgan fingerprint density at radius 2 is 2.53 bits per heavy atom. The van der Waals surface area contributed by atoms with E-state index in [1.807, 2.05) is 13.0 Å². The molecule has 1 heterocycles. The maximum absolute atomic E-state index is 8.71. The van der Waals surface area contributed by atoms with E-state index in [0.717, 1.165) is 6.42 Å². The van der Waals surface area contributed by atoms with Crippen molar-refractivity contribution in [1.29, 1.82) is 5.26 Å². The van der Waals surface area contributed by atoms with Crippen LogP contribution in [0.3, 0.4) is 0 Å². The first-order valence-corrected chi connectivity index (χ1v) is 5.66. The molecule has 1 N–H and O–H groups in total. The van der Waals surface area contributed by atoms with Crippen molar-refractivity contribution in [2.75, 3.05) is 12.4 Å². The van der Waals surface area contributed by atoms with Gasteiger partial charge in [0.15, 0.2) is 10.3 Å². The average molecular weight is 244 g/mol. The number of rotatable bonds is 3. The zero-order valence-electron chi connectivity index (χ0n) is 8.37. The van der Waals surface area contributed by atoms with Crippen LogP contribution in [0.1, 0.15) is 18.2 Å². The number of thiazole rings is 1. The van der Waals surface area contributed by atoms with Crippen LogP contribution in [-0.2, 0) is 4.74 Å². The van der Waals surface area contributed by atoms with E-state index in [9.17, 15) is 0 Å². The third-order valence-corrected chi connectivity index (χ3v) is 3.91. The molecular weight excluding hydrogens is 234 g/mol. The zero-order chi connectivity index (χ0) is 11.1. The van der Waals surface area contributed by atoms with Gasteiger partial charge in [0.05, 0.1) is 11.6 Å². The summed E-state index contributed by atoms with van der Waals surface area (Å²) in [7, 11) is 1.69. The van der Waals surface area contributed by atoms with Crippen LogP contribution in [0, 0.1) is 11.3 Å². The molecule has 0 amide bonds. The summed E-state index contributed by atoms with van der Waals surface area (Å²) in [4.78, 5) is 4.50. The van der Waals surface area contributed by atoms with Crippen molar-refractivity contribution in [1.82, 2.24) is 4.98 Å². The second-order valence-electron chi connectivity index (χ2n) is 3.67. The highest BCUT2D eigenvalue weighted by molar-refractivity contribution is 7.16. The van der Waals surface area contributed by atoms with E-state index in [0.29, 0.717) is 10.0 Å². The predicted molar refractivity (Wildman–Crippen MR) is 59.3 cm³/mol. The summed E-state index contributed by atoms with van der Waals surface area (Å²) in [5, 5.41) is 12.9. The zero-order valence-corrected chi connectivity index (χ0v) is 9.95. The number of nitrogens with one attached hydrogen (secondary N) is 1.